The standard InChI is InChI=1S/C16H20F3N7O/c1-8-11(13-12(16(17,18)19)14(20)24-15(21)23-13)4-22-26(8)9-2-3-25(5-9)10-6-27-7-10/h4,9-10H,2-3,5-7H2,1H3,(H4,20,21,23,24)/t9-/m0/s1. The lowest BCUT2D eigenvalue weighted by atomic mass is 10.1. The fourth-order valence-corrected chi connectivity index (χ4v) is 3.73. The molecule has 0 spiro atoms. The number of hydrogen-bond acceptors (Lipinski definition) is 7. The molecule has 1 atom stereocenters. The van der Waals surface area contributed by atoms with Crippen LogP contribution in [0.4, 0.5) is 24.9 Å². The minimum atomic E-state index is -4.70. The quantitative estimate of drug-likeness (QED) is 0.826. The maximum Gasteiger partial charge on any atom is 0.422 e. The Morgan fingerprint density at radius 3 is 2.56 bits per heavy atom. The molecule has 0 radical (unpaired) electrons. The van der Waals surface area contributed by atoms with Gasteiger partial charge in [-0.25, -0.2) is 4.98 Å². The van der Waals surface area contributed by atoms with Gasteiger partial charge in [0.1, 0.15) is 11.4 Å². The van der Waals surface area contributed by atoms with Crippen molar-refractivity contribution in [1.82, 2.24) is 24.6 Å². The van der Waals surface area contributed by atoms with Crippen molar-refractivity contribution in [3.63, 3.8) is 0 Å². The average Bonchev–Trinajstić information content (AvgIpc) is 3.10. The Morgan fingerprint density at radius 1 is 1.19 bits per heavy atom. The molecular weight excluding hydrogens is 363 g/mol. The third-order valence-electron chi connectivity index (χ3n) is 5.22. The lowest BCUT2D eigenvalue weighted by molar-refractivity contribution is -0.136. The van der Waals surface area contributed by atoms with E-state index >= 15 is 0 Å². The highest BCUT2D eigenvalue weighted by molar-refractivity contribution is 5.71. The van der Waals surface area contributed by atoms with E-state index in [0.717, 1.165) is 32.7 Å². The number of anilines is 2. The largest absolute Gasteiger partial charge is 0.422 e. The van der Waals surface area contributed by atoms with Crippen LogP contribution in [0.5, 0.6) is 0 Å². The van der Waals surface area contributed by atoms with Crippen molar-refractivity contribution in [2.24, 2.45) is 0 Å². The van der Waals surface area contributed by atoms with Crippen LogP contribution in [0.1, 0.15) is 23.7 Å². The van der Waals surface area contributed by atoms with E-state index in [4.69, 9.17) is 16.2 Å². The summed E-state index contributed by atoms with van der Waals surface area (Å²) in [6.07, 6.45) is -2.43. The average molecular weight is 383 g/mol. The van der Waals surface area contributed by atoms with E-state index in [2.05, 4.69) is 20.0 Å². The van der Waals surface area contributed by atoms with E-state index < -0.39 is 17.6 Å². The number of likely N-dealkylation sites (tertiary alicyclic amines) is 1. The Morgan fingerprint density at radius 2 is 1.93 bits per heavy atom. The van der Waals surface area contributed by atoms with Gasteiger partial charge in [-0.15, -0.1) is 0 Å². The topological polar surface area (TPSA) is 108 Å². The number of hydrogen-bond donors (Lipinski definition) is 2. The van der Waals surface area contributed by atoms with Crippen LogP contribution in [0.15, 0.2) is 6.20 Å². The van der Waals surface area contributed by atoms with Crippen LogP contribution in [-0.2, 0) is 10.9 Å². The molecule has 0 aromatic carbocycles. The molecule has 2 aromatic rings. The van der Waals surface area contributed by atoms with Gasteiger partial charge in [0.15, 0.2) is 0 Å². The zero-order valence-corrected chi connectivity index (χ0v) is 14.7. The molecule has 0 amide bonds. The predicted molar refractivity (Wildman–Crippen MR) is 91.7 cm³/mol. The SMILES string of the molecule is Cc1c(-c2nc(N)nc(N)c2C(F)(F)F)cnn1[C@H]1CCN(C2COC2)C1. The van der Waals surface area contributed by atoms with Gasteiger partial charge in [0.25, 0.3) is 0 Å². The Kier molecular flexibility index (Phi) is 4.22. The highest BCUT2D eigenvalue weighted by Crippen LogP contribution is 2.40. The Labute approximate surface area is 153 Å². The number of ether oxygens (including phenoxy) is 1. The molecule has 0 aliphatic carbocycles. The zero-order valence-electron chi connectivity index (χ0n) is 14.7. The van der Waals surface area contributed by atoms with Crippen molar-refractivity contribution in [2.45, 2.75) is 31.6 Å². The first kappa shape index (κ1) is 18.0. The summed E-state index contributed by atoms with van der Waals surface area (Å²) in [6.45, 7) is 4.88. The van der Waals surface area contributed by atoms with Crippen LogP contribution in [-0.4, -0.2) is 57.0 Å². The summed E-state index contributed by atoms with van der Waals surface area (Å²) in [6, 6.07) is 0.508. The Hall–Kier alpha value is -2.40. The summed E-state index contributed by atoms with van der Waals surface area (Å²) in [5, 5.41) is 4.34. The summed E-state index contributed by atoms with van der Waals surface area (Å²) in [4.78, 5) is 9.62. The Balaban J connectivity index is 1.69. The molecule has 0 unspecified atom stereocenters. The number of rotatable bonds is 3. The first-order valence-corrected chi connectivity index (χ1v) is 8.62. The number of alkyl halides is 3. The molecule has 0 bridgehead atoms. The van der Waals surface area contributed by atoms with Crippen molar-refractivity contribution in [3.8, 4) is 11.3 Å². The summed E-state index contributed by atoms with van der Waals surface area (Å²) in [5.41, 5.74) is 10.5. The third-order valence-corrected chi connectivity index (χ3v) is 5.22. The smallest absolute Gasteiger partial charge is 0.383 e. The second-order valence-corrected chi connectivity index (χ2v) is 6.91. The summed E-state index contributed by atoms with van der Waals surface area (Å²) < 4.78 is 47.5. The van der Waals surface area contributed by atoms with Crippen molar-refractivity contribution in [1.29, 1.82) is 0 Å². The summed E-state index contributed by atoms with van der Waals surface area (Å²) >= 11 is 0. The summed E-state index contributed by atoms with van der Waals surface area (Å²) in [7, 11) is 0. The molecule has 2 saturated heterocycles. The first-order valence-electron chi connectivity index (χ1n) is 8.62. The van der Waals surface area contributed by atoms with Crippen LogP contribution >= 0.6 is 0 Å². The van der Waals surface area contributed by atoms with Crippen LogP contribution in [0, 0.1) is 6.92 Å². The highest BCUT2D eigenvalue weighted by Gasteiger charge is 2.40. The van der Waals surface area contributed by atoms with Crippen LogP contribution in [0.3, 0.4) is 0 Å². The zero-order chi connectivity index (χ0) is 19.3. The minimum Gasteiger partial charge on any atom is -0.383 e. The molecule has 2 aromatic heterocycles. The third kappa shape index (κ3) is 3.10. The molecule has 2 aliphatic heterocycles. The molecule has 27 heavy (non-hydrogen) atoms. The van der Waals surface area contributed by atoms with Crippen molar-refractivity contribution >= 4 is 11.8 Å². The molecule has 4 heterocycles. The molecule has 11 heteroatoms. The van der Waals surface area contributed by atoms with E-state index in [1.165, 1.54) is 6.20 Å². The molecule has 2 fully saturated rings. The van der Waals surface area contributed by atoms with Gasteiger partial charge in [0, 0.05) is 24.3 Å². The number of halogens is 3. The van der Waals surface area contributed by atoms with Gasteiger partial charge < -0.3 is 16.2 Å². The lowest BCUT2D eigenvalue weighted by Crippen LogP contribution is -2.47. The molecule has 146 valence electrons. The fourth-order valence-electron chi connectivity index (χ4n) is 3.73. The van der Waals surface area contributed by atoms with Crippen LogP contribution in [0.2, 0.25) is 0 Å². The minimum absolute atomic E-state index is 0.0882. The maximum atomic E-state index is 13.5. The van der Waals surface area contributed by atoms with Crippen LogP contribution < -0.4 is 11.5 Å². The van der Waals surface area contributed by atoms with Gasteiger partial charge in [0.2, 0.25) is 5.95 Å². The molecule has 4 rings (SSSR count). The van der Waals surface area contributed by atoms with E-state index in [-0.39, 0.29) is 23.2 Å². The molecule has 4 N–H and O–H groups in total. The van der Waals surface area contributed by atoms with Gasteiger partial charge in [-0.05, 0) is 13.3 Å². The van der Waals surface area contributed by atoms with Crippen molar-refractivity contribution in [3.05, 3.63) is 17.5 Å². The lowest BCUT2D eigenvalue weighted by Gasteiger charge is -2.34. The van der Waals surface area contributed by atoms with Crippen LogP contribution in [0.25, 0.3) is 11.3 Å². The second kappa shape index (κ2) is 6.34. The van der Waals surface area contributed by atoms with Gasteiger partial charge in [0.05, 0.1) is 37.2 Å². The highest BCUT2D eigenvalue weighted by atomic mass is 19.4. The number of nitrogens with zero attached hydrogens (tertiary/aromatic N) is 5. The molecule has 2 aliphatic rings. The predicted octanol–water partition coefficient (Wildman–Crippen LogP) is 1.48. The van der Waals surface area contributed by atoms with Crippen molar-refractivity contribution in [2.75, 3.05) is 37.8 Å². The van der Waals surface area contributed by atoms with E-state index in [0.29, 0.717) is 11.7 Å². The van der Waals surface area contributed by atoms with E-state index in [1.54, 1.807) is 11.6 Å². The first-order chi connectivity index (χ1) is 12.8. The van der Waals surface area contributed by atoms with Gasteiger partial charge in [-0.1, -0.05) is 0 Å². The molecule has 0 saturated carbocycles. The Bertz CT molecular complexity index is 862. The number of nitrogens with two attached hydrogens (primary N) is 2. The fraction of sp³-hybridized carbons (Fsp3) is 0.562. The second-order valence-electron chi connectivity index (χ2n) is 6.91. The van der Waals surface area contributed by atoms with Gasteiger partial charge >= 0.3 is 6.18 Å². The van der Waals surface area contributed by atoms with E-state index in [1.807, 2.05) is 0 Å². The monoisotopic (exact) mass is 383 g/mol. The maximum absolute atomic E-state index is 13.5. The van der Waals surface area contributed by atoms with Crippen molar-refractivity contribution < 1.29 is 17.9 Å². The number of nitrogen functional groups attached to an aromatic ring is 2. The van der Waals surface area contributed by atoms with Gasteiger partial charge in [-0.2, -0.15) is 23.3 Å². The molecular formula is C16H20F3N7O. The molecule has 8 nitrogen and oxygen atoms in total. The number of aromatic nitrogens is 4. The van der Waals surface area contributed by atoms with Gasteiger partial charge in [-0.3, -0.25) is 9.58 Å². The summed E-state index contributed by atoms with van der Waals surface area (Å²) in [5.74, 6) is -0.992. The normalized spacial score (nSPS) is 21.6. The van der Waals surface area contributed by atoms with E-state index in [9.17, 15) is 13.2 Å².